The number of rotatable bonds is 3. The summed E-state index contributed by atoms with van der Waals surface area (Å²) in [6, 6.07) is 8.08. The summed E-state index contributed by atoms with van der Waals surface area (Å²) in [5, 5.41) is 10.6. The summed E-state index contributed by atoms with van der Waals surface area (Å²) in [6.45, 7) is 0. The average Bonchev–Trinajstić information content (AvgIpc) is 2.33. The number of benzene rings is 2. The molecule has 0 aromatic heterocycles. The molecule has 0 amide bonds. The third-order valence-electron chi connectivity index (χ3n) is 2.28. The van der Waals surface area contributed by atoms with Gasteiger partial charge in [0, 0.05) is 17.8 Å². The third-order valence-corrected chi connectivity index (χ3v) is 2.57. The highest BCUT2D eigenvalue weighted by molar-refractivity contribution is 6.31. The molecule has 0 atom stereocenters. The van der Waals surface area contributed by atoms with Gasteiger partial charge in [-0.3, -0.25) is 10.1 Å². The van der Waals surface area contributed by atoms with Gasteiger partial charge in [-0.05, 0) is 12.1 Å². The van der Waals surface area contributed by atoms with Gasteiger partial charge in [-0.15, -0.1) is 0 Å². The smallest absolute Gasteiger partial charge is 0.314 e. The van der Waals surface area contributed by atoms with Crippen LogP contribution in [0.1, 0.15) is 0 Å². The Balaban J connectivity index is 2.44. The van der Waals surface area contributed by atoms with Crippen molar-refractivity contribution in [3.8, 4) is 11.5 Å². The number of nitro groups is 1. The Labute approximate surface area is 112 Å². The van der Waals surface area contributed by atoms with Crippen molar-refractivity contribution in [1.82, 2.24) is 0 Å². The fourth-order valence-corrected chi connectivity index (χ4v) is 1.60. The Morgan fingerprint density at radius 3 is 2.68 bits per heavy atom. The molecule has 0 spiro atoms. The number of hydrogen-bond donors (Lipinski definition) is 1. The number of nitrogens with two attached hydrogens (primary N) is 1. The van der Waals surface area contributed by atoms with Gasteiger partial charge in [-0.1, -0.05) is 17.7 Å². The largest absolute Gasteiger partial charge is 0.450 e. The average molecular weight is 283 g/mol. The second-order valence-corrected chi connectivity index (χ2v) is 4.07. The topological polar surface area (TPSA) is 78.4 Å². The lowest BCUT2D eigenvalue weighted by Crippen LogP contribution is -1.95. The van der Waals surface area contributed by atoms with Crippen LogP contribution in [0.5, 0.6) is 11.5 Å². The SMILES string of the molecule is Nc1cccc(Oc2cc(Cl)c(F)cc2[N+](=O)[O-])c1. The first kappa shape index (κ1) is 13.1. The van der Waals surface area contributed by atoms with E-state index in [0.717, 1.165) is 6.07 Å². The quantitative estimate of drug-likeness (QED) is 0.528. The summed E-state index contributed by atoms with van der Waals surface area (Å²) in [5.74, 6) is -0.735. The van der Waals surface area contributed by atoms with Crippen LogP contribution in [0.4, 0.5) is 15.8 Å². The van der Waals surface area contributed by atoms with Gasteiger partial charge in [0.25, 0.3) is 0 Å². The molecule has 5 nitrogen and oxygen atoms in total. The maximum absolute atomic E-state index is 13.2. The van der Waals surface area contributed by atoms with Crippen molar-refractivity contribution in [1.29, 1.82) is 0 Å². The fourth-order valence-electron chi connectivity index (χ4n) is 1.45. The van der Waals surface area contributed by atoms with Crippen molar-refractivity contribution in [2.24, 2.45) is 0 Å². The molecular weight excluding hydrogens is 275 g/mol. The lowest BCUT2D eigenvalue weighted by molar-refractivity contribution is -0.385. The van der Waals surface area contributed by atoms with E-state index in [-0.39, 0.29) is 10.8 Å². The van der Waals surface area contributed by atoms with Crippen molar-refractivity contribution in [2.75, 3.05) is 5.73 Å². The second kappa shape index (κ2) is 5.11. The Hall–Kier alpha value is -2.34. The minimum absolute atomic E-state index is 0.151. The van der Waals surface area contributed by atoms with Crippen molar-refractivity contribution in [3.63, 3.8) is 0 Å². The lowest BCUT2D eigenvalue weighted by atomic mass is 10.2. The molecule has 0 heterocycles. The number of nitrogen functional groups attached to an aromatic ring is 1. The number of hydrogen-bond acceptors (Lipinski definition) is 4. The van der Waals surface area contributed by atoms with Crippen molar-refractivity contribution in [3.05, 3.63) is 57.4 Å². The fraction of sp³-hybridized carbons (Fsp3) is 0. The third kappa shape index (κ3) is 2.92. The Kier molecular flexibility index (Phi) is 3.52. The number of nitrogens with zero attached hydrogens (tertiary/aromatic N) is 1. The van der Waals surface area contributed by atoms with Gasteiger partial charge in [0.1, 0.15) is 11.6 Å². The summed E-state index contributed by atoms with van der Waals surface area (Å²) in [5.41, 5.74) is 5.49. The summed E-state index contributed by atoms with van der Waals surface area (Å²) in [4.78, 5) is 10.1. The summed E-state index contributed by atoms with van der Waals surface area (Å²) in [7, 11) is 0. The van der Waals surface area contributed by atoms with Crippen LogP contribution in [-0.4, -0.2) is 4.92 Å². The van der Waals surface area contributed by atoms with Crippen molar-refractivity contribution >= 4 is 23.0 Å². The maximum atomic E-state index is 13.2. The van der Waals surface area contributed by atoms with Gasteiger partial charge in [0.2, 0.25) is 5.75 Å². The minimum atomic E-state index is -0.881. The Morgan fingerprint density at radius 1 is 1.32 bits per heavy atom. The van der Waals surface area contributed by atoms with Crippen LogP contribution in [-0.2, 0) is 0 Å². The van der Waals surface area contributed by atoms with E-state index in [1.807, 2.05) is 0 Å². The molecule has 2 aromatic carbocycles. The minimum Gasteiger partial charge on any atom is -0.450 e. The predicted molar refractivity (Wildman–Crippen MR) is 69.0 cm³/mol. The highest BCUT2D eigenvalue weighted by Crippen LogP contribution is 2.35. The molecule has 0 aliphatic heterocycles. The van der Waals surface area contributed by atoms with E-state index in [9.17, 15) is 14.5 Å². The number of nitro benzene ring substituents is 1. The van der Waals surface area contributed by atoms with Gasteiger partial charge in [0.05, 0.1) is 16.0 Å². The normalized spacial score (nSPS) is 10.2. The zero-order valence-electron chi connectivity index (χ0n) is 9.47. The van der Waals surface area contributed by atoms with Gasteiger partial charge < -0.3 is 10.5 Å². The molecule has 0 bridgehead atoms. The van der Waals surface area contributed by atoms with E-state index in [4.69, 9.17) is 22.1 Å². The molecular formula is C12H8ClFN2O3. The predicted octanol–water partition coefficient (Wildman–Crippen LogP) is 3.76. The highest BCUT2D eigenvalue weighted by Gasteiger charge is 2.19. The molecule has 0 fully saturated rings. The molecule has 0 aliphatic carbocycles. The van der Waals surface area contributed by atoms with Gasteiger partial charge in [-0.25, -0.2) is 4.39 Å². The van der Waals surface area contributed by atoms with Crippen LogP contribution in [0.25, 0.3) is 0 Å². The molecule has 0 saturated carbocycles. The van der Waals surface area contributed by atoms with E-state index in [1.165, 1.54) is 6.07 Å². The Morgan fingerprint density at radius 2 is 2.05 bits per heavy atom. The van der Waals surface area contributed by atoms with Crippen LogP contribution in [0, 0.1) is 15.9 Å². The Bertz CT molecular complexity index is 649. The number of ether oxygens (including phenoxy) is 1. The van der Waals surface area contributed by atoms with E-state index in [2.05, 4.69) is 0 Å². The monoisotopic (exact) mass is 282 g/mol. The number of anilines is 1. The molecule has 0 aliphatic rings. The zero-order valence-corrected chi connectivity index (χ0v) is 10.2. The first-order chi connectivity index (χ1) is 8.97. The summed E-state index contributed by atoms with van der Waals surface area (Å²) in [6.07, 6.45) is 0. The van der Waals surface area contributed by atoms with Gasteiger partial charge in [-0.2, -0.15) is 0 Å². The molecule has 98 valence electrons. The van der Waals surface area contributed by atoms with E-state index in [0.29, 0.717) is 17.5 Å². The first-order valence-electron chi connectivity index (χ1n) is 5.14. The molecule has 0 unspecified atom stereocenters. The van der Waals surface area contributed by atoms with Crippen LogP contribution >= 0.6 is 11.6 Å². The molecule has 19 heavy (non-hydrogen) atoms. The van der Waals surface area contributed by atoms with E-state index >= 15 is 0 Å². The molecule has 2 N–H and O–H groups in total. The van der Waals surface area contributed by atoms with Crippen LogP contribution in [0.2, 0.25) is 5.02 Å². The molecule has 0 saturated heterocycles. The summed E-state index contributed by atoms with van der Waals surface area (Å²) >= 11 is 5.59. The molecule has 2 aromatic rings. The lowest BCUT2D eigenvalue weighted by Gasteiger charge is -2.07. The maximum Gasteiger partial charge on any atom is 0.314 e. The van der Waals surface area contributed by atoms with Crippen LogP contribution in [0.15, 0.2) is 36.4 Å². The van der Waals surface area contributed by atoms with Crippen LogP contribution in [0.3, 0.4) is 0 Å². The van der Waals surface area contributed by atoms with Crippen molar-refractivity contribution < 1.29 is 14.1 Å². The second-order valence-electron chi connectivity index (χ2n) is 3.67. The highest BCUT2D eigenvalue weighted by atomic mass is 35.5. The first-order valence-corrected chi connectivity index (χ1v) is 5.52. The van der Waals surface area contributed by atoms with Crippen LogP contribution < -0.4 is 10.5 Å². The van der Waals surface area contributed by atoms with Crippen molar-refractivity contribution in [2.45, 2.75) is 0 Å². The van der Waals surface area contributed by atoms with Gasteiger partial charge >= 0.3 is 5.69 Å². The molecule has 0 radical (unpaired) electrons. The summed E-state index contributed by atoms with van der Waals surface area (Å²) < 4.78 is 18.5. The zero-order chi connectivity index (χ0) is 14.0. The standard InChI is InChI=1S/C12H8ClFN2O3/c13-9-5-12(11(16(17)18)6-10(9)14)19-8-3-1-2-7(15)4-8/h1-6H,15H2. The molecule has 2 rings (SSSR count). The van der Waals surface area contributed by atoms with E-state index in [1.54, 1.807) is 18.2 Å². The molecule has 7 heteroatoms. The number of halogens is 2. The van der Waals surface area contributed by atoms with Gasteiger partial charge in [0.15, 0.2) is 0 Å². The van der Waals surface area contributed by atoms with E-state index < -0.39 is 16.4 Å².